The van der Waals surface area contributed by atoms with Crippen LogP contribution in [-0.4, -0.2) is 31.2 Å². The zero-order valence-corrected chi connectivity index (χ0v) is 19.5. The monoisotopic (exact) mass is 524 g/mol. The van der Waals surface area contributed by atoms with Crippen LogP contribution in [0, 0.1) is 11.6 Å². The van der Waals surface area contributed by atoms with Crippen molar-refractivity contribution in [2.24, 2.45) is 0 Å². The molecule has 0 saturated carbocycles. The molecule has 1 aliphatic heterocycles. The lowest BCUT2D eigenvalue weighted by molar-refractivity contribution is -0.140. The van der Waals surface area contributed by atoms with E-state index in [1.165, 1.54) is 6.07 Å². The smallest absolute Gasteiger partial charge is 0.351 e. The van der Waals surface area contributed by atoms with Gasteiger partial charge in [-0.25, -0.2) is 17.2 Å². The molecule has 0 bridgehead atoms. The molecule has 3 aromatic carbocycles. The molecule has 1 N–H and O–H groups in total. The maximum absolute atomic E-state index is 14.0. The molecule has 3 aromatic rings. The van der Waals surface area contributed by atoms with Gasteiger partial charge in [0.1, 0.15) is 17.7 Å². The number of carbonyl (C=O) groups is 1. The average molecular weight is 525 g/mol. The molecule has 1 heterocycles. The lowest BCUT2D eigenvalue weighted by atomic mass is 10.0. The Labute approximate surface area is 204 Å². The van der Waals surface area contributed by atoms with E-state index in [0.717, 1.165) is 34.6 Å². The quantitative estimate of drug-likeness (QED) is 0.456. The molecule has 190 valence electrons. The van der Waals surface area contributed by atoms with Gasteiger partial charge in [0.05, 0.1) is 10.5 Å². The number of benzene rings is 3. The van der Waals surface area contributed by atoms with Crippen LogP contribution >= 0.6 is 0 Å². The Morgan fingerprint density at radius 1 is 0.972 bits per heavy atom. The number of nitrogens with one attached hydrogen (secondary N) is 1. The van der Waals surface area contributed by atoms with Crippen molar-refractivity contribution >= 4 is 15.9 Å². The van der Waals surface area contributed by atoms with Gasteiger partial charge in [0.15, 0.2) is 0 Å². The van der Waals surface area contributed by atoms with Crippen molar-refractivity contribution < 1.29 is 35.2 Å². The predicted molar refractivity (Wildman–Crippen MR) is 122 cm³/mol. The van der Waals surface area contributed by atoms with E-state index >= 15 is 0 Å². The van der Waals surface area contributed by atoms with Crippen molar-refractivity contribution in [3.63, 3.8) is 0 Å². The fraction of sp³-hybridized carbons (Fsp3) is 0.240. The minimum absolute atomic E-state index is 0.0245. The Morgan fingerprint density at radius 2 is 1.67 bits per heavy atom. The fourth-order valence-corrected chi connectivity index (χ4v) is 5.78. The van der Waals surface area contributed by atoms with Crippen molar-refractivity contribution in [1.82, 2.24) is 9.62 Å². The van der Waals surface area contributed by atoms with E-state index in [9.17, 15) is 35.2 Å². The van der Waals surface area contributed by atoms with E-state index in [2.05, 4.69) is 5.32 Å². The number of nitrogens with zero attached hydrogens (tertiary/aromatic N) is 1. The number of alkyl halides is 3. The summed E-state index contributed by atoms with van der Waals surface area (Å²) in [6.07, 6.45) is -4.00. The second-order valence-corrected chi connectivity index (χ2v) is 10.2. The molecule has 0 aromatic heterocycles. The predicted octanol–water partition coefficient (Wildman–Crippen LogP) is 5.12. The van der Waals surface area contributed by atoms with Gasteiger partial charge in [0.2, 0.25) is 15.9 Å². The maximum Gasteiger partial charge on any atom is 0.419 e. The van der Waals surface area contributed by atoms with Gasteiger partial charge in [0.25, 0.3) is 0 Å². The summed E-state index contributed by atoms with van der Waals surface area (Å²) in [6, 6.07) is 12.6. The highest BCUT2D eigenvalue weighted by atomic mass is 32.2. The van der Waals surface area contributed by atoms with Gasteiger partial charge >= 0.3 is 6.18 Å². The lowest BCUT2D eigenvalue weighted by Gasteiger charge is -2.23. The first-order chi connectivity index (χ1) is 17.0. The van der Waals surface area contributed by atoms with Crippen LogP contribution in [0.5, 0.6) is 0 Å². The summed E-state index contributed by atoms with van der Waals surface area (Å²) in [5.41, 5.74) is -0.0738. The molecule has 0 aliphatic carbocycles. The van der Waals surface area contributed by atoms with Gasteiger partial charge in [0, 0.05) is 13.1 Å². The van der Waals surface area contributed by atoms with Gasteiger partial charge in [-0.3, -0.25) is 4.79 Å². The van der Waals surface area contributed by atoms with Crippen molar-refractivity contribution in [2.75, 3.05) is 6.54 Å². The Balaban J connectivity index is 1.46. The second-order valence-electron chi connectivity index (χ2n) is 8.34. The van der Waals surface area contributed by atoms with Crippen LogP contribution in [0.4, 0.5) is 22.0 Å². The summed E-state index contributed by atoms with van der Waals surface area (Å²) in [5.74, 6) is -2.47. The minimum Gasteiger partial charge on any atom is -0.351 e. The molecule has 1 aliphatic rings. The number of hydrogen-bond donors (Lipinski definition) is 1. The van der Waals surface area contributed by atoms with Gasteiger partial charge in [-0.1, -0.05) is 24.3 Å². The SMILES string of the molecule is O=C(NCc1cccc(-c2ccc(C(F)(F)F)c(F)c2)c1)[C@@H]1CCCN1S(=O)(=O)c1ccc(F)cc1. The van der Waals surface area contributed by atoms with Crippen LogP contribution in [0.25, 0.3) is 11.1 Å². The molecular weight excluding hydrogens is 503 g/mol. The molecule has 1 atom stereocenters. The largest absolute Gasteiger partial charge is 0.419 e. The Hall–Kier alpha value is -3.31. The number of halogens is 5. The van der Waals surface area contributed by atoms with Gasteiger partial charge in [-0.2, -0.15) is 17.5 Å². The highest BCUT2D eigenvalue weighted by molar-refractivity contribution is 7.89. The topological polar surface area (TPSA) is 66.5 Å². The van der Waals surface area contributed by atoms with Crippen LogP contribution in [0.2, 0.25) is 0 Å². The number of rotatable bonds is 6. The molecule has 1 fully saturated rings. The summed E-state index contributed by atoms with van der Waals surface area (Å²) in [6.45, 7) is 0.170. The van der Waals surface area contributed by atoms with Crippen LogP contribution in [0.15, 0.2) is 71.6 Å². The third kappa shape index (κ3) is 5.41. The summed E-state index contributed by atoms with van der Waals surface area (Å²) < 4.78 is 92.7. The zero-order valence-electron chi connectivity index (χ0n) is 18.7. The van der Waals surface area contributed by atoms with Crippen molar-refractivity contribution in [1.29, 1.82) is 0 Å². The lowest BCUT2D eigenvalue weighted by Crippen LogP contribution is -2.45. The number of hydrogen-bond acceptors (Lipinski definition) is 3. The molecule has 1 saturated heterocycles. The Kier molecular flexibility index (Phi) is 7.14. The fourth-order valence-electron chi connectivity index (χ4n) is 4.12. The Bertz CT molecular complexity index is 1380. The van der Waals surface area contributed by atoms with Gasteiger partial charge in [-0.05, 0) is 72.0 Å². The highest BCUT2D eigenvalue weighted by Crippen LogP contribution is 2.33. The van der Waals surface area contributed by atoms with Gasteiger partial charge < -0.3 is 5.32 Å². The molecule has 0 radical (unpaired) electrons. The molecule has 5 nitrogen and oxygen atoms in total. The highest BCUT2D eigenvalue weighted by Gasteiger charge is 2.39. The summed E-state index contributed by atoms with van der Waals surface area (Å²) >= 11 is 0. The molecule has 0 spiro atoms. The third-order valence-corrected chi connectivity index (χ3v) is 7.85. The molecule has 11 heteroatoms. The first-order valence-corrected chi connectivity index (χ1v) is 12.4. The number of sulfonamides is 1. The summed E-state index contributed by atoms with van der Waals surface area (Å²) in [7, 11) is -4.00. The third-order valence-electron chi connectivity index (χ3n) is 5.93. The second kappa shape index (κ2) is 9.98. The molecule has 1 amide bonds. The van der Waals surface area contributed by atoms with Crippen molar-refractivity contribution in [2.45, 2.75) is 36.5 Å². The van der Waals surface area contributed by atoms with Crippen LogP contribution in [-0.2, 0) is 27.5 Å². The maximum atomic E-state index is 14.0. The number of carbonyl (C=O) groups excluding carboxylic acids is 1. The van der Waals surface area contributed by atoms with E-state index in [1.54, 1.807) is 24.3 Å². The number of amides is 1. The van der Waals surface area contributed by atoms with E-state index in [-0.39, 0.29) is 23.5 Å². The molecule has 4 rings (SSSR count). The molecule has 36 heavy (non-hydrogen) atoms. The first kappa shape index (κ1) is 25.8. The van der Waals surface area contributed by atoms with Crippen LogP contribution in [0.3, 0.4) is 0 Å². The minimum atomic E-state index is -4.80. The standard InChI is InChI=1S/C25H21F5N2O3S/c26-19-7-9-20(10-8-19)36(34,35)32-12-2-5-23(32)24(33)31-15-16-3-1-4-17(13-16)18-6-11-21(22(27)14-18)25(28,29)30/h1,3-4,6-11,13-14,23H,2,5,12,15H2,(H,31,33)/t23-/m0/s1. The summed E-state index contributed by atoms with van der Waals surface area (Å²) in [4.78, 5) is 12.7. The first-order valence-electron chi connectivity index (χ1n) is 11.0. The van der Waals surface area contributed by atoms with E-state index < -0.39 is 45.3 Å². The van der Waals surface area contributed by atoms with Gasteiger partial charge in [-0.15, -0.1) is 0 Å². The van der Waals surface area contributed by atoms with Crippen LogP contribution < -0.4 is 5.32 Å². The Morgan fingerprint density at radius 3 is 2.33 bits per heavy atom. The normalized spacial score (nSPS) is 16.8. The van der Waals surface area contributed by atoms with Crippen LogP contribution in [0.1, 0.15) is 24.0 Å². The molecular formula is C25H21F5N2O3S. The van der Waals surface area contributed by atoms with Crippen molar-refractivity contribution in [3.05, 3.63) is 89.5 Å². The van der Waals surface area contributed by atoms with E-state index in [4.69, 9.17) is 0 Å². The van der Waals surface area contributed by atoms with Crippen molar-refractivity contribution in [3.8, 4) is 11.1 Å². The summed E-state index contributed by atoms with van der Waals surface area (Å²) in [5, 5.41) is 2.69. The zero-order chi connectivity index (χ0) is 26.1. The molecule has 0 unspecified atom stereocenters. The van der Waals surface area contributed by atoms with E-state index in [0.29, 0.717) is 30.0 Å². The van der Waals surface area contributed by atoms with E-state index in [1.807, 2.05) is 0 Å². The average Bonchev–Trinajstić information content (AvgIpc) is 3.33.